The topological polar surface area (TPSA) is 87.2 Å². The summed E-state index contributed by atoms with van der Waals surface area (Å²) >= 11 is 0. The molecule has 0 radical (unpaired) electrons. The summed E-state index contributed by atoms with van der Waals surface area (Å²) in [5.74, 6) is -2.87. The van der Waals surface area contributed by atoms with Crippen LogP contribution in [0.25, 0.3) is 22.0 Å². The van der Waals surface area contributed by atoms with E-state index >= 15 is 0 Å². The van der Waals surface area contributed by atoms with Crippen molar-refractivity contribution in [1.82, 2.24) is 4.98 Å². The average molecular weight is 293 g/mol. The molecule has 0 saturated carbocycles. The third-order valence-electron chi connectivity index (χ3n) is 3.43. The number of hydrogen-bond acceptors (Lipinski definition) is 3. The van der Waals surface area contributed by atoms with Gasteiger partial charge < -0.3 is 10.1 Å². The summed E-state index contributed by atoms with van der Waals surface area (Å²) in [6.45, 7) is 0. The van der Waals surface area contributed by atoms with Gasteiger partial charge in [-0.2, -0.15) is 0 Å². The fourth-order valence-corrected chi connectivity index (χ4v) is 2.39. The van der Waals surface area contributed by atoms with Gasteiger partial charge in [-0.25, -0.2) is 4.79 Å². The third-order valence-corrected chi connectivity index (χ3v) is 3.43. The van der Waals surface area contributed by atoms with Gasteiger partial charge in [0, 0.05) is 11.3 Å². The smallest absolute Gasteiger partial charge is 0.377 e. The van der Waals surface area contributed by atoms with Gasteiger partial charge in [-0.3, -0.25) is 9.59 Å². The second kappa shape index (κ2) is 5.29. The van der Waals surface area contributed by atoms with Crippen LogP contribution < -0.4 is 5.56 Å². The minimum absolute atomic E-state index is 0.378. The molecule has 1 aromatic heterocycles. The van der Waals surface area contributed by atoms with Gasteiger partial charge in [0.15, 0.2) is 0 Å². The molecule has 0 aliphatic carbocycles. The molecule has 0 unspecified atom stereocenters. The minimum atomic E-state index is -1.65. The Labute approximate surface area is 124 Å². The lowest BCUT2D eigenvalue weighted by molar-refractivity contribution is -0.131. The Bertz CT molecular complexity index is 951. The zero-order valence-corrected chi connectivity index (χ0v) is 11.4. The quantitative estimate of drug-likeness (QED) is 0.573. The molecule has 3 rings (SSSR count). The van der Waals surface area contributed by atoms with Gasteiger partial charge in [0.2, 0.25) is 0 Å². The Balaban J connectivity index is 2.17. The Morgan fingerprint density at radius 3 is 2.36 bits per heavy atom. The largest absolute Gasteiger partial charge is 0.475 e. The Morgan fingerprint density at radius 2 is 1.64 bits per heavy atom. The van der Waals surface area contributed by atoms with Gasteiger partial charge in [-0.1, -0.05) is 42.5 Å². The standard InChI is InChI=1S/C17H11NO4/c19-15(17(21)22)13-8-9-14(18-16(13)20)12-7-3-5-10-4-1-2-6-11(10)12/h1-9H,(H,18,20)(H,21,22). The fraction of sp³-hybridized carbons (Fsp3) is 0. The summed E-state index contributed by atoms with van der Waals surface area (Å²) < 4.78 is 0. The van der Waals surface area contributed by atoms with Crippen molar-refractivity contribution in [1.29, 1.82) is 0 Å². The SMILES string of the molecule is O=C(O)C(=O)c1ccc(-c2cccc3ccccc23)[nH]c1=O. The molecule has 0 spiro atoms. The van der Waals surface area contributed by atoms with Crippen molar-refractivity contribution in [2.75, 3.05) is 0 Å². The number of fused-ring (bicyclic) bond motifs is 1. The fourth-order valence-electron chi connectivity index (χ4n) is 2.39. The van der Waals surface area contributed by atoms with Gasteiger partial charge in [0.25, 0.3) is 11.3 Å². The first-order valence-corrected chi connectivity index (χ1v) is 6.57. The van der Waals surface area contributed by atoms with Crippen molar-refractivity contribution < 1.29 is 14.7 Å². The van der Waals surface area contributed by atoms with Crippen LogP contribution in [0.5, 0.6) is 0 Å². The molecule has 0 aliphatic rings. The van der Waals surface area contributed by atoms with Crippen LogP contribution in [0.1, 0.15) is 10.4 Å². The van der Waals surface area contributed by atoms with Crippen LogP contribution in [0, 0.1) is 0 Å². The summed E-state index contributed by atoms with van der Waals surface area (Å²) in [5, 5.41) is 10.7. The minimum Gasteiger partial charge on any atom is -0.475 e. The van der Waals surface area contributed by atoms with E-state index in [0.717, 1.165) is 16.3 Å². The second-order valence-electron chi connectivity index (χ2n) is 4.78. The molecule has 0 atom stereocenters. The predicted octanol–water partition coefficient (Wildman–Crippen LogP) is 2.46. The Hall–Kier alpha value is -3.21. The summed E-state index contributed by atoms with van der Waals surface area (Å²) in [4.78, 5) is 36.6. The van der Waals surface area contributed by atoms with Crippen LogP contribution in [0.4, 0.5) is 0 Å². The van der Waals surface area contributed by atoms with E-state index in [-0.39, 0.29) is 5.56 Å². The number of ketones is 1. The number of carbonyl (C=O) groups excluding carboxylic acids is 1. The molecule has 2 N–H and O–H groups in total. The lowest BCUT2D eigenvalue weighted by Crippen LogP contribution is -2.23. The van der Waals surface area contributed by atoms with Gasteiger partial charge in [0.1, 0.15) is 0 Å². The van der Waals surface area contributed by atoms with Crippen molar-refractivity contribution in [3.05, 3.63) is 70.5 Å². The molecule has 0 bridgehead atoms. The third kappa shape index (κ3) is 2.29. The molecular formula is C17H11NO4. The number of Topliss-reactive ketones (excluding diaryl/α,β-unsaturated/α-hetero) is 1. The number of carboxylic acids is 1. The molecule has 0 fully saturated rings. The molecule has 5 heteroatoms. The van der Waals surface area contributed by atoms with Crippen LogP contribution in [-0.4, -0.2) is 21.8 Å². The number of nitrogens with one attached hydrogen (secondary N) is 1. The number of aromatic amines is 1. The van der Waals surface area contributed by atoms with E-state index in [2.05, 4.69) is 4.98 Å². The van der Waals surface area contributed by atoms with Gasteiger partial charge >= 0.3 is 5.97 Å². The van der Waals surface area contributed by atoms with Crippen molar-refractivity contribution in [2.45, 2.75) is 0 Å². The molecule has 1 heterocycles. The summed E-state index contributed by atoms with van der Waals surface area (Å²) in [6.07, 6.45) is 0. The maximum Gasteiger partial charge on any atom is 0.377 e. The van der Waals surface area contributed by atoms with Crippen LogP contribution in [-0.2, 0) is 4.79 Å². The van der Waals surface area contributed by atoms with E-state index in [1.807, 2.05) is 42.5 Å². The number of carboxylic acid groups (broad SMARTS) is 1. The maximum atomic E-state index is 12.0. The highest BCUT2D eigenvalue weighted by atomic mass is 16.4. The number of aromatic nitrogens is 1. The number of pyridine rings is 1. The molecule has 3 aromatic rings. The summed E-state index contributed by atoms with van der Waals surface area (Å²) in [7, 11) is 0. The van der Waals surface area contributed by atoms with Crippen LogP contribution in [0.3, 0.4) is 0 Å². The number of rotatable bonds is 3. The van der Waals surface area contributed by atoms with Gasteiger partial charge in [0.05, 0.1) is 5.56 Å². The maximum absolute atomic E-state index is 12.0. The molecular weight excluding hydrogens is 282 g/mol. The zero-order valence-electron chi connectivity index (χ0n) is 11.4. The van der Waals surface area contributed by atoms with Gasteiger partial charge in [-0.05, 0) is 22.9 Å². The summed E-state index contributed by atoms with van der Waals surface area (Å²) in [5.41, 5.74) is 0.252. The first-order chi connectivity index (χ1) is 10.6. The van der Waals surface area contributed by atoms with Crippen molar-refractivity contribution in [3.8, 4) is 11.3 Å². The molecule has 2 aromatic carbocycles. The summed E-state index contributed by atoms with van der Waals surface area (Å²) in [6, 6.07) is 16.2. The predicted molar refractivity (Wildman–Crippen MR) is 82.0 cm³/mol. The van der Waals surface area contributed by atoms with Crippen LogP contribution >= 0.6 is 0 Å². The number of aliphatic carboxylic acids is 1. The normalized spacial score (nSPS) is 10.5. The van der Waals surface area contributed by atoms with E-state index in [9.17, 15) is 14.4 Å². The van der Waals surface area contributed by atoms with E-state index in [1.165, 1.54) is 6.07 Å². The highest BCUT2D eigenvalue weighted by molar-refractivity contribution is 6.39. The van der Waals surface area contributed by atoms with Crippen LogP contribution in [0.2, 0.25) is 0 Å². The second-order valence-corrected chi connectivity index (χ2v) is 4.78. The van der Waals surface area contributed by atoms with Crippen LogP contribution in [0.15, 0.2) is 59.4 Å². The molecule has 108 valence electrons. The van der Waals surface area contributed by atoms with Crippen molar-refractivity contribution >= 4 is 22.5 Å². The molecule has 5 nitrogen and oxygen atoms in total. The average Bonchev–Trinajstić information content (AvgIpc) is 2.53. The van der Waals surface area contributed by atoms with Gasteiger partial charge in [-0.15, -0.1) is 0 Å². The highest BCUT2D eigenvalue weighted by Crippen LogP contribution is 2.26. The number of hydrogen-bond donors (Lipinski definition) is 2. The molecule has 0 saturated heterocycles. The van der Waals surface area contributed by atoms with E-state index in [0.29, 0.717) is 5.69 Å². The van der Waals surface area contributed by atoms with Crippen molar-refractivity contribution in [2.24, 2.45) is 0 Å². The zero-order chi connectivity index (χ0) is 15.7. The lowest BCUT2D eigenvalue weighted by Gasteiger charge is -2.07. The lowest BCUT2D eigenvalue weighted by atomic mass is 10.0. The molecule has 0 amide bonds. The van der Waals surface area contributed by atoms with E-state index in [1.54, 1.807) is 6.07 Å². The van der Waals surface area contributed by atoms with E-state index in [4.69, 9.17) is 5.11 Å². The first-order valence-electron chi connectivity index (χ1n) is 6.57. The number of benzene rings is 2. The van der Waals surface area contributed by atoms with E-state index < -0.39 is 17.3 Å². The highest BCUT2D eigenvalue weighted by Gasteiger charge is 2.18. The number of H-pyrrole nitrogens is 1. The Kier molecular flexibility index (Phi) is 3.31. The monoisotopic (exact) mass is 293 g/mol. The number of carbonyl (C=O) groups is 2. The van der Waals surface area contributed by atoms with Crippen molar-refractivity contribution in [3.63, 3.8) is 0 Å². The molecule has 0 aliphatic heterocycles. The first kappa shape index (κ1) is 13.8. The molecule has 22 heavy (non-hydrogen) atoms. The Morgan fingerprint density at radius 1 is 0.909 bits per heavy atom.